The number of hydrogen-bond acceptors (Lipinski definition) is 1. The van der Waals surface area contributed by atoms with E-state index in [0.29, 0.717) is 11.1 Å². The van der Waals surface area contributed by atoms with E-state index in [-0.39, 0.29) is 11.6 Å². The SMILES string of the molecule is C=C(Cc1ccnn1-c1ccccc1)/C(=C\C)CC.CC.CCCCCCC.Cc1cc(F)c(C)cc1F. The van der Waals surface area contributed by atoms with Gasteiger partial charge in [0.05, 0.1) is 5.69 Å². The van der Waals surface area contributed by atoms with Gasteiger partial charge in [0.2, 0.25) is 0 Å². The van der Waals surface area contributed by atoms with Crippen LogP contribution in [0.4, 0.5) is 8.78 Å². The van der Waals surface area contributed by atoms with E-state index in [1.54, 1.807) is 0 Å². The molecule has 210 valence electrons. The maximum absolute atomic E-state index is 12.6. The van der Waals surface area contributed by atoms with Crippen LogP contribution >= 0.6 is 0 Å². The first kappa shape index (κ1) is 35.0. The van der Waals surface area contributed by atoms with Crippen molar-refractivity contribution in [1.29, 1.82) is 0 Å². The van der Waals surface area contributed by atoms with Crippen molar-refractivity contribution in [2.45, 2.75) is 100 Å². The van der Waals surface area contributed by atoms with E-state index >= 15 is 0 Å². The number of para-hydroxylation sites is 1. The summed E-state index contributed by atoms with van der Waals surface area (Å²) in [5, 5.41) is 4.41. The number of rotatable bonds is 9. The van der Waals surface area contributed by atoms with Gasteiger partial charge in [-0.05, 0) is 79.8 Å². The zero-order chi connectivity index (χ0) is 28.9. The Labute approximate surface area is 231 Å². The van der Waals surface area contributed by atoms with Gasteiger partial charge in [-0.3, -0.25) is 0 Å². The lowest BCUT2D eigenvalue weighted by molar-refractivity contribution is 0.585. The van der Waals surface area contributed by atoms with Gasteiger partial charge < -0.3 is 0 Å². The molecule has 0 saturated carbocycles. The minimum absolute atomic E-state index is 0.348. The molecule has 2 nitrogen and oxygen atoms in total. The largest absolute Gasteiger partial charge is 0.237 e. The molecule has 1 aromatic heterocycles. The highest BCUT2D eigenvalue weighted by Gasteiger charge is 2.08. The Morgan fingerprint density at radius 3 is 1.84 bits per heavy atom. The Morgan fingerprint density at radius 2 is 1.39 bits per heavy atom. The Morgan fingerprint density at radius 1 is 0.868 bits per heavy atom. The van der Waals surface area contributed by atoms with Gasteiger partial charge in [-0.2, -0.15) is 5.10 Å². The van der Waals surface area contributed by atoms with Gasteiger partial charge in [0.15, 0.2) is 0 Å². The molecular weight excluding hydrogens is 474 g/mol. The van der Waals surface area contributed by atoms with Crippen LogP contribution < -0.4 is 0 Å². The van der Waals surface area contributed by atoms with Gasteiger partial charge in [0.1, 0.15) is 11.6 Å². The standard InChI is InChI=1S/C17H20N2.C8H8F2.C7H16.C2H6/c1-4-15(5-2)14(3)13-17-11-12-18-19(17)16-9-7-6-8-10-16;1-5-3-8(10)6(2)4-7(5)9;1-3-5-7-6-4-2;1-2/h4,6-12H,3,5,13H2,1-2H3;3-4H,1-2H3;3-7H2,1-2H3;1-2H3/b15-4-;;;. The Bertz CT molecular complexity index is 1010. The normalized spacial score (nSPS) is 10.3. The third-order valence-corrected chi connectivity index (χ3v) is 5.95. The number of halogens is 2. The van der Waals surface area contributed by atoms with Crippen LogP contribution in [0.25, 0.3) is 5.69 Å². The maximum atomic E-state index is 12.6. The van der Waals surface area contributed by atoms with Crippen molar-refractivity contribution in [2.75, 3.05) is 0 Å². The van der Waals surface area contributed by atoms with Crippen LogP contribution in [0.2, 0.25) is 0 Å². The van der Waals surface area contributed by atoms with Crippen molar-refractivity contribution < 1.29 is 8.78 Å². The molecule has 0 radical (unpaired) electrons. The van der Waals surface area contributed by atoms with Crippen LogP contribution in [-0.2, 0) is 6.42 Å². The molecule has 3 rings (SSSR count). The summed E-state index contributed by atoms with van der Waals surface area (Å²) < 4.78 is 27.2. The lowest BCUT2D eigenvalue weighted by Crippen LogP contribution is -2.03. The first-order valence-corrected chi connectivity index (χ1v) is 14.1. The number of benzene rings is 2. The second kappa shape index (κ2) is 21.0. The molecule has 0 N–H and O–H groups in total. The molecule has 2 aromatic carbocycles. The van der Waals surface area contributed by atoms with Crippen molar-refractivity contribution in [3.8, 4) is 5.69 Å². The third-order valence-electron chi connectivity index (χ3n) is 5.95. The third kappa shape index (κ3) is 13.0. The lowest BCUT2D eigenvalue weighted by atomic mass is 10.0. The smallest absolute Gasteiger partial charge is 0.126 e. The van der Waals surface area contributed by atoms with E-state index in [1.165, 1.54) is 74.9 Å². The molecule has 0 atom stereocenters. The fourth-order valence-electron chi connectivity index (χ4n) is 3.68. The monoisotopic (exact) mass is 524 g/mol. The van der Waals surface area contributed by atoms with E-state index in [2.05, 4.69) is 63.6 Å². The summed E-state index contributed by atoms with van der Waals surface area (Å²) in [5.41, 5.74) is 5.45. The van der Waals surface area contributed by atoms with Crippen molar-refractivity contribution in [3.63, 3.8) is 0 Å². The average molecular weight is 525 g/mol. The molecule has 0 unspecified atom stereocenters. The highest BCUT2D eigenvalue weighted by molar-refractivity contribution is 5.36. The van der Waals surface area contributed by atoms with Crippen molar-refractivity contribution in [1.82, 2.24) is 9.78 Å². The van der Waals surface area contributed by atoms with Gasteiger partial charge in [0, 0.05) is 18.3 Å². The van der Waals surface area contributed by atoms with Crippen molar-refractivity contribution in [2.24, 2.45) is 0 Å². The number of unbranched alkanes of at least 4 members (excludes halogenated alkanes) is 4. The molecule has 0 amide bonds. The van der Waals surface area contributed by atoms with E-state index < -0.39 is 0 Å². The van der Waals surface area contributed by atoms with Gasteiger partial charge in [-0.1, -0.05) is 97.6 Å². The summed E-state index contributed by atoms with van der Waals surface area (Å²) in [6, 6.07) is 14.7. The lowest BCUT2D eigenvalue weighted by Gasteiger charge is -2.11. The summed E-state index contributed by atoms with van der Waals surface area (Å²) in [6.07, 6.45) is 12.9. The number of allylic oxidation sites excluding steroid dienone is 3. The topological polar surface area (TPSA) is 17.8 Å². The maximum Gasteiger partial charge on any atom is 0.126 e. The minimum atomic E-state index is -0.348. The Hall–Kier alpha value is -3.01. The molecule has 3 aromatic rings. The zero-order valence-electron chi connectivity index (χ0n) is 25.1. The average Bonchev–Trinajstić information content (AvgIpc) is 3.39. The summed E-state index contributed by atoms with van der Waals surface area (Å²) in [4.78, 5) is 0. The summed E-state index contributed by atoms with van der Waals surface area (Å²) in [5.74, 6) is -0.696. The molecule has 0 aliphatic carbocycles. The van der Waals surface area contributed by atoms with Crippen LogP contribution in [-0.4, -0.2) is 9.78 Å². The fourth-order valence-corrected chi connectivity index (χ4v) is 3.68. The van der Waals surface area contributed by atoms with Gasteiger partial charge in [0.25, 0.3) is 0 Å². The summed E-state index contributed by atoms with van der Waals surface area (Å²) >= 11 is 0. The van der Waals surface area contributed by atoms with E-state index in [4.69, 9.17) is 0 Å². The quantitative estimate of drug-likeness (QED) is 0.201. The highest BCUT2D eigenvalue weighted by Crippen LogP contribution is 2.19. The van der Waals surface area contributed by atoms with E-state index in [9.17, 15) is 8.78 Å². The highest BCUT2D eigenvalue weighted by atomic mass is 19.1. The predicted octanol–water partition coefficient (Wildman–Crippen LogP) is 10.9. The number of aromatic nitrogens is 2. The molecule has 4 heteroatoms. The van der Waals surface area contributed by atoms with Crippen LogP contribution in [0.3, 0.4) is 0 Å². The molecular formula is C34H50F2N2. The van der Waals surface area contributed by atoms with Crippen LogP contribution in [0.5, 0.6) is 0 Å². The van der Waals surface area contributed by atoms with Crippen molar-refractivity contribution >= 4 is 0 Å². The molecule has 0 saturated heterocycles. The first-order chi connectivity index (χ1) is 18.3. The van der Waals surface area contributed by atoms with Gasteiger partial charge >= 0.3 is 0 Å². The number of aryl methyl sites for hydroxylation is 2. The molecule has 38 heavy (non-hydrogen) atoms. The predicted molar refractivity (Wildman–Crippen MR) is 162 cm³/mol. The molecule has 0 aliphatic rings. The molecule has 0 bridgehead atoms. The second-order valence-corrected chi connectivity index (χ2v) is 8.93. The number of hydrogen-bond donors (Lipinski definition) is 0. The van der Waals surface area contributed by atoms with E-state index in [1.807, 2.05) is 42.9 Å². The second-order valence-electron chi connectivity index (χ2n) is 8.93. The molecule has 0 aliphatic heterocycles. The molecule has 1 heterocycles. The minimum Gasteiger partial charge on any atom is -0.237 e. The van der Waals surface area contributed by atoms with Crippen LogP contribution in [0.15, 0.2) is 78.5 Å². The van der Waals surface area contributed by atoms with E-state index in [0.717, 1.165) is 18.5 Å². The zero-order valence-corrected chi connectivity index (χ0v) is 25.1. The fraction of sp³-hybridized carbons (Fsp3) is 0.441. The molecule has 0 spiro atoms. The Balaban J connectivity index is 0.000000604. The molecule has 0 fully saturated rings. The summed E-state index contributed by atoms with van der Waals surface area (Å²) in [6.45, 7) is 20.0. The van der Waals surface area contributed by atoms with Crippen molar-refractivity contribution in [3.05, 3.63) is 107 Å². The summed E-state index contributed by atoms with van der Waals surface area (Å²) in [7, 11) is 0. The van der Waals surface area contributed by atoms with Crippen LogP contribution in [0.1, 0.15) is 96.9 Å². The number of nitrogens with zero attached hydrogens (tertiary/aromatic N) is 2. The van der Waals surface area contributed by atoms with Crippen LogP contribution in [0, 0.1) is 25.5 Å². The van der Waals surface area contributed by atoms with Gasteiger partial charge in [-0.25, -0.2) is 13.5 Å². The Kier molecular flexibility index (Phi) is 19.3. The first-order valence-electron chi connectivity index (χ1n) is 14.1. The van der Waals surface area contributed by atoms with Gasteiger partial charge in [-0.15, -0.1) is 0 Å².